The number of aliphatic hydroxyl groups excluding tert-OH is 3. The Labute approximate surface area is 290 Å². The zero-order valence-corrected chi connectivity index (χ0v) is 29.0. The molecule has 1 aliphatic rings. The number of carbonyl (C=O) groups excluding carboxylic acids is 1. The van der Waals surface area contributed by atoms with E-state index in [1.54, 1.807) is 19.1 Å². The predicted octanol–water partition coefficient (Wildman–Crippen LogP) is 7.87. The fourth-order valence-electron chi connectivity index (χ4n) is 6.27. The summed E-state index contributed by atoms with van der Waals surface area (Å²) in [5.41, 5.74) is 2.96. The second kappa shape index (κ2) is 20.6. The molecule has 0 heterocycles. The van der Waals surface area contributed by atoms with E-state index in [1.807, 2.05) is 68.5 Å². The van der Waals surface area contributed by atoms with Crippen LogP contribution in [0.4, 0.5) is 4.39 Å². The largest absolute Gasteiger partial charge is 0.481 e. The third-order valence-corrected chi connectivity index (χ3v) is 9.11. The third-order valence-electron chi connectivity index (χ3n) is 9.11. The molecule has 3 aromatic carbocycles. The number of hydrogen-bond acceptors (Lipinski definition) is 6. The van der Waals surface area contributed by atoms with Crippen LogP contribution in [0.2, 0.25) is 0 Å². The van der Waals surface area contributed by atoms with E-state index in [2.05, 4.69) is 18.2 Å². The van der Waals surface area contributed by atoms with E-state index in [9.17, 15) is 29.3 Å². The lowest BCUT2D eigenvalue weighted by Crippen LogP contribution is -2.23. The first kappa shape index (κ1) is 39.6. The lowest BCUT2D eigenvalue weighted by atomic mass is 9.85. The number of esters is 1. The molecule has 6 atom stereocenters. The summed E-state index contributed by atoms with van der Waals surface area (Å²) in [5, 5.41) is 40.1. The molecule has 1 aliphatic carbocycles. The lowest BCUT2D eigenvalue weighted by molar-refractivity contribution is -0.147. The van der Waals surface area contributed by atoms with Crippen molar-refractivity contribution in [3.8, 4) is 11.1 Å². The molecule has 1 unspecified atom stereocenters. The number of carboxylic acids is 1. The average Bonchev–Trinajstić information content (AvgIpc) is 3.35. The summed E-state index contributed by atoms with van der Waals surface area (Å²) >= 11 is 0. The highest BCUT2D eigenvalue weighted by Gasteiger charge is 2.40. The minimum Gasteiger partial charge on any atom is -0.481 e. The Hall–Kier alpha value is -3.85. The van der Waals surface area contributed by atoms with Gasteiger partial charge < -0.3 is 25.2 Å². The maximum atomic E-state index is 14.0. The highest BCUT2D eigenvalue weighted by atomic mass is 19.1. The summed E-state index contributed by atoms with van der Waals surface area (Å²) in [6.07, 6.45) is 8.58. The second-order valence-electron chi connectivity index (χ2n) is 13.3. The van der Waals surface area contributed by atoms with E-state index >= 15 is 0 Å². The molecule has 0 saturated heterocycles. The summed E-state index contributed by atoms with van der Waals surface area (Å²) in [6.45, 7) is 5.23. The van der Waals surface area contributed by atoms with E-state index in [0.717, 1.165) is 24.8 Å². The number of aryl methyl sites for hydroxylation is 1. The molecule has 1 fully saturated rings. The minimum absolute atomic E-state index is 0.00652. The van der Waals surface area contributed by atoms with Crippen molar-refractivity contribution in [2.24, 2.45) is 11.8 Å². The van der Waals surface area contributed by atoms with E-state index in [1.165, 1.54) is 11.6 Å². The van der Waals surface area contributed by atoms with Gasteiger partial charge in [-0.1, -0.05) is 84.9 Å². The highest BCUT2D eigenvalue weighted by molar-refractivity contribution is 5.76. The molecule has 7 nitrogen and oxygen atoms in total. The highest BCUT2D eigenvalue weighted by Crippen LogP contribution is 2.38. The van der Waals surface area contributed by atoms with Gasteiger partial charge in [-0.15, -0.1) is 0 Å². The maximum absolute atomic E-state index is 14.0. The molecule has 0 bridgehead atoms. The molecule has 49 heavy (non-hydrogen) atoms. The van der Waals surface area contributed by atoms with Crippen molar-refractivity contribution in [1.82, 2.24) is 0 Å². The Morgan fingerprint density at radius 3 is 2.18 bits per heavy atom. The SMILES string of the molecule is CC(C(=O)O)c1ccc(-c2ccccc2)c(F)c1.CC(C)OC(=O)CCC/C=C\C[C@@H]1[C@@H](CC[C@@H](O)CCc2ccccc2)[C@H](O)C[C@@H]1O. The summed E-state index contributed by atoms with van der Waals surface area (Å²) in [6, 6.07) is 23.9. The number of carboxylic acid groups (broad SMARTS) is 1. The Morgan fingerprint density at radius 2 is 1.55 bits per heavy atom. The molecule has 0 amide bonds. The smallest absolute Gasteiger partial charge is 0.310 e. The van der Waals surface area contributed by atoms with Gasteiger partial charge in [0.05, 0.1) is 30.3 Å². The van der Waals surface area contributed by atoms with E-state index < -0.39 is 36.0 Å². The topological polar surface area (TPSA) is 124 Å². The number of halogens is 1. The summed E-state index contributed by atoms with van der Waals surface area (Å²) in [7, 11) is 0. The van der Waals surface area contributed by atoms with E-state index in [4.69, 9.17) is 9.84 Å². The molecule has 3 aromatic rings. The van der Waals surface area contributed by atoms with Crippen LogP contribution in [0.15, 0.2) is 91.0 Å². The maximum Gasteiger partial charge on any atom is 0.310 e. The minimum atomic E-state index is -0.957. The number of unbranched alkanes of at least 4 members (excludes halogenated alkanes) is 1. The molecule has 4 rings (SSSR count). The molecule has 0 aromatic heterocycles. The van der Waals surface area contributed by atoms with Gasteiger partial charge >= 0.3 is 11.9 Å². The zero-order valence-electron chi connectivity index (χ0n) is 29.0. The van der Waals surface area contributed by atoms with Crippen LogP contribution in [0.25, 0.3) is 11.1 Å². The molecule has 1 saturated carbocycles. The van der Waals surface area contributed by atoms with Crippen LogP contribution in [-0.2, 0) is 20.7 Å². The fourth-order valence-corrected chi connectivity index (χ4v) is 6.27. The number of carbonyl (C=O) groups is 2. The van der Waals surface area contributed by atoms with Crippen molar-refractivity contribution in [1.29, 1.82) is 0 Å². The molecule has 0 radical (unpaired) electrons. The molecule has 0 aliphatic heterocycles. The number of aliphatic carboxylic acids is 1. The Morgan fingerprint density at radius 1 is 0.898 bits per heavy atom. The number of rotatable bonds is 16. The van der Waals surface area contributed by atoms with Gasteiger partial charge in [-0.2, -0.15) is 0 Å². The summed E-state index contributed by atoms with van der Waals surface area (Å²) in [4.78, 5) is 22.4. The third kappa shape index (κ3) is 13.5. The standard InChI is InChI=1S/C26H40O5.C15H13FO2/c1-19(2)31-26(30)13-9-4-3-8-12-22-23(25(29)18-24(22)28)17-16-21(27)15-14-20-10-6-5-7-11-20;1-10(15(17)18)12-7-8-13(14(16)9-12)11-5-3-2-4-6-11/h3,5-8,10-11,19,21-25,27-29H,4,9,12-18H2,1-2H3;2-10H,1H3,(H,17,18)/b8-3-;/t21-,22+,23+,24-,25+;/m0./s1. The van der Waals surface area contributed by atoms with Crippen LogP contribution in [0.5, 0.6) is 0 Å². The zero-order chi connectivity index (χ0) is 35.8. The van der Waals surface area contributed by atoms with Gasteiger partial charge in [0.1, 0.15) is 5.82 Å². The predicted molar refractivity (Wildman–Crippen MR) is 190 cm³/mol. The first-order valence-corrected chi connectivity index (χ1v) is 17.5. The number of ether oxygens (including phenoxy) is 1. The van der Waals surface area contributed by atoms with Crippen LogP contribution in [0.3, 0.4) is 0 Å². The molecule has 8 heteroatoms. The first-order valence-electron chi connectivity index (χ1n) is 17.5. The van der Waals surface area contributed by atoms with Crippen LogP contribution in [-0.4, -0.2) is 56.8 Å². The van der Waals surface area contributed by atoms with Crippen molar-refractivity contribution in [2.45, 2.75) is 109 Å². The molecule has 0 spiro atoms. The molecule has 266 valence electrons. The molecule has 4 N–H and O–H groups in total. The van der Waals surface area contributed by atoms with Crippen LogP contribution < -0.4 is 0 Å². The molecular weight excluding hydrogens is 623 g/mol. The van der Waals surface area contributed by atoms with Gasteiger partial charge in [-0.25, -0.2) is 4.39 Å². The van der Waals surface area contributed by atoms with Crippen molar-refractivity contribution >= 4 is 11.9 Å². The Bertz CT molecular complexity index is 1440. The first-order chi connectivity index (χ1) is 23.5. The van der Waals surface area contributed by atoms with Crippen molar-refractivity contribution in [3.63, 3.8) is 0 Å². The van der Waals surface area contributed by atoms with Crippen molar-refractivity contribution in [2.75, 3.05) is 0 Å². The number of hydrogen-bond donors (Lipinski definition) is 4. The van der Waals surface area contributed by atoms with Crippen molar-refractivity contribution < 1.29 is 39.1 Å². The van der Waals surface area contributed by atoms with Gasteiger partial charge in [0.2, 0.25) is 0 Å². The van der Waals surface area contributed by atoms with E-state index in [0.29, 0.717) is 49.7 Å². The number of allylic oxidation sites excluding steroid dienone is 2. The summed E-state index contributed by atoms with van der Waals surface area (Å²) < 4.78 is 19.1. The van der Waals surface area contributed by atoms with Crippen LogP contribution in [0, 0.1) is 17.7 Å². The molecular formula is C41H53FO7. The summed E-state index contributed by atoms with van der Waals surface area (Å²) in [5.74, 6) is -2.20. The quantitative estimate of drug-likeness (QED) is 0.0692. The monoisotopic (exact) mass is 676 g/mol. The Kier molecular flexibility index (Phi) is 16.7. The van der Waals surface area contributed by atoms with Crippen LogP contribution >= 0.6 is 0 Å². The lowest BCUT2D eigenvalue weighted by Gasteiger charge is -2.23. The average molecular weight is 677 g/mol. The van der Waals surface area contributed by atoms with Gasteiger partial charge in [-0.05, 0) is 107 Å². The normalized spacial score (nSPS) is 20.1. The van der Waals surface area contributed by atoms with Crippen LogP contribution in [0.1, 0.15) is 89.2 Å². The number of benzene rings is 3. The van der Waals surface area contributed by atoms with Gasteiger partial charge in [0, 0.05) is 12.0 Å². The van der Waals surface area contributed by atoms with E-state index in [-0.39, 0.29) is 23.9 Å². The second-order valence-corrected chi connectivity index (χ2v) is 13.3. The number of aliphatic hydroxyl groups is 3. The van der Waals surface area contributed by atoms with Gasteiger partial charge in [0.25, 0.3) is 0 Å². The Balaban J connectivity index is 0.000000305. The van der Waals surface area contributed by atoms with Gasteiger partial charge in [0.15, 0.2) is 0 Å². The van der Waals surface area contributed by atoms with Gasteiger partial charge in [-0.3, -0.25) is 9.59 Å². The fraction of sp³-hybridized carbons (Fsp3) is 0.463. The van der Waals surface area contributed by atoms with Crippen molar-refractivity contribution in [3.05, 3.63) is 108 Å².